The SMILES string of the molecule is CC(C)=CC(=O)OCC(=O)Nc1ccc(F)cc1F. The summed E-state index contributed by atoms with van der Waals surface area (Å²) in [5, 5.41) is 2.17. The van der Waals surface area contributed by atoms with Crippen molar-refractivity contribution >= 4 is 17.6 Å². The molecule has 1 aromatic carbocycles. The van der Waals surface area contributed by atoms with Crippen LogP contribution in [0.15, 0.2) is 29.8 Å². The number of benzene rings is 1. The number of nitrogens with one attached hydrogen (secondary N) is 1. The molecule has 0 aliphatic carbocycles. The molecule has 4 nitrogen and oxygen atoms in total. The van der Waals surface area contributed by atoms with E-state index < -0.39 is 30.1 Å². The van der Waals surface area contributed by atoms with Gasteiger partial charge in [0.1, 0.15) is 11.6 Å². The molecule has 1 rings (SSSR count). The minimum absolute atomic E-state index is 0.176. The molecule has 0 aromatic heterocycles. The highest BCUT2D eigenvalue weighted by Gasteiger charge is 2.09. The van der Waals surface area contributed by atoms with Crippen LogP contribution in [0.3, 0.4) is 0 Å². The Balaban J connectivity index is 2.52. The molecule has 0 spiro atoms. The third kappa shape index (κ3) is 5.29. The minimum Gasteiger partial charge on any atom is -0.452 e. The molecular formula is C13H13F2NO3. The third-order valence-electron chi connectivity index (χ3n) is 1.96. The maximum absolute atomic E-state index is 13.2. The van der Waals surface area contributed by atoms with Gasteiger partial charge in [0, 0.05) is 12.1 Å². The molecule has 102 valence electrons. The first-order chi connectivity index (χ1) is 8.88. The molecule has 6 heteroatoms. The molecule has 0 bridgehead atoms. The first-order valence-electron chi connectivity index (χ1n) is 5.45. The number of rotatable bonds is 4. The van der Waals surface area contributed by atoms with Crippen LogP contribution in [0.25, 0.3) is 0 Å². The van der Waals surface area contributed by atoms with Crippen molar-refractivity contribution in [3.63, 3.8) is 0 Å². The summed E-state index contributed by atoms with van der Waals surface area (Å²) in [6.45, 7) is 2.86. The van der Waals surface area contributed by atoms with E-state index in [0.29, 0.717) is 6.07 Å². The fourth-order valence-electron chi connectivity index (χ4n) is 1.19. The van der Waals surface area contributed by atoms with Crippen molar-refractivity contribution in [3.8, 4) is 0 Å². The predicted octanol–water partition coefficient (Wildman–Crippen LogP) is 2.41. The Morgan fingerprint density at radius 2 is 2.00 bits per heavy atom. The van der Waals surface area contributed by atoms with Crippen LogP contribution in [0.4, 0.5) is 14.5 Å². The molecule has 0 atom stereocenters. The number of anilines is 1. The second kappa shape index (κ2) is 6.63. The first-order valence-corrected chi connectivity index (χ1v) is 5.45. The Hall–Kier alpha value is -2.24. The van der Waals surface area contributed by atoms with E-state index in [2.05, 4.69) is 10.1 Å². The second-order valence-corrected chi connectivity index (χ2v) is 4.00. The highest BCUT2D eigenvalue weighted by molar-refractivity contribution is 5.93. The van der Waals surface area contributed by atoms with Crippen molar-refractivity contribution in [2.45, 2.75) is 13.8 Å². The van der Waals surface area contributed by atoms with Gasteiger partial charge in [-0.05, 0) is 26.0 Å². The maximum Gasteiger partial charge on any atom is 0.331 e. The van der Waals surface area contributed by atoms with Gasteiger partial charge in [0.25, 0.3) is 5.91 Å². The van der Waals surface area contributed by atoms with Crippen LogP contribution in [0, 0.1) is 11.6 Å². The fraction of sp³-hybridized carbons (Fsp3) is 0.231. The quantitative estimate of drug-likeness (QED) is 0.674. The Kier molecular flexibility index (Phi) is 5.17. The van der Waals surface area contributed by atoms with Gasteiger partial charge in [-0.15, -0.1) is 0 Å². The zero-order valence-corrected chi connectivity index (χ0v) is 10.5. The van der Waals surface area contributed by atoms with Gasteiger partial charge in [0.05, 0.1) is 5.69 Å². The fourth-order valence-corrected chi connectivity index (χ4v) is 1.19. The largest absolute Gasteiger partial charge is 0.452 e. The van der Waals surface area contributed by atoms with E-state index >= 15 is 0 Å². The zero-order chi connectivity index (χ0) is 14.4. The molecule has 19 heavy (non-hydrogen) atoms. The van der Waals surface area contributed by atoms with Gasteiger partial charge in [-0.25, -0.2) is 13.6 Å². The van der Waals surface area contributed by atoms with E-state index in [1.807, 2.05) is 0 Å². The van der Waals surface area contributed by atoms with Crippen molar-refractivity contribution in [2.24, 2.45) is 0 Å². The molecule has 0 unspecified atom stereocenters. The predicted molar refractivity (Wildman–Crippen MR) is 65.4 cm³/mol. The number of esters is 1. The third-order valence-corrected chi connectivity index (χ3v) is 1.96. The maximum atomic E-state index is 13.2. The molecule has 0 aliphatic rings. The average molecular weight is 269 g/mol. The van der Waals surface area contributed by atoms with Crippen LogP contribution in [0.1, 0.15) is 13.8 Å². The molecular weight excluding hydrogens is 256 g/mol. The number of hydrogen-bond donors (Lipinski definition) is 1. The van der Waals surface area contributed by atoms with E-state index in [4.69, 9.17) is 0 Å². The molecule has 1 N–H and O–H groups in total. The first kappa shape index (κ1) is 14.8. The highest BCUT2D eigenvalue weighted by atomic mass is 19.1. The van der Waals surface area contributed by atoms with Gasteiger partial charge in [-0.1, -0.05) is 5.57 Å². The Bertz CT molecular complexity index is 523. The topological polar surface area (TPSA) is 55.4 Å². The summed E-state index contributed by atoms with van der Waals surface area (Å²) < 4.78 is 30.5. The van der Waals surface area contributed by atoms with E-state index in [1.165, 1.54) is 6.08 Å². The number of amides is 1. The van der Waals surface area contributed by atoms with Crippen LogP contribution in [-0.2, 0) is 14.3 Å². The number of carbonyl (C=O) groups is 2. The van der Waals surface area contributed by atoms with Crippen LogP contribution < -0.4 is 5.32 Å². The molecule has 0 heterocycles. The van der Waals surface area contributed by atoms with Crippen LogP contribution in [0.2, 0.25) is 0 Å². The van der Waals surface area contributed by atoms with E-state index in [0.717, 1.165) is 17.7 Å². The molecule has 0 fully saturated rings. The Morgan fingerprint density at radius 1 is 1.32 bits per heavy atom. The summed E-state index contributed by atoms with van der Waals surface area (Å²) >= 11 is 0. The second-order valence-electron chi connectivity index (χ2n) is 4.00. The van der Waals surface area contributed by atoms with Crippen LogP contribution in [-0.4, -0.2) is 18.5 Å². The van der Waals surface area contributed by atoms with E-state index in [9.17, 15) is 18.4 Å². The summed E-state index contributed by atoms with van der Waals surface area (Å²) in [6.07, 6.45) is 1.23. The molecule has 1 aromatic rings. The van der Waals surface area contributed by atoms with Gasteiger partial charge in [0.2, 0.25) is 0 Å². The van der Waals surface area contributed by atoms with Gasteiger partial charge in [-0.2, -0.15) is 0 Å². The summed E-state index contributed by atoms with van der Waals surface area (Å²) in [6, 6.07) is 2.74. The Morgan fingerprint density at radius 3 is 2.58 bits per heavy atom. The molecule has 0 radical (unpaired) electrons. The number of hydrogen-bond acceptors (Lipinski definition) is 3. The summed E-state index contributed by atoms with van der Waals surface area (Å²) in [7, 11) is 0. The van der Waals surface area contributed by atoms with Gasteiger partial charge >= 0.3 is 5.97 Å². The minimum atomic E-state index is -0.899. The van der Waals surface area contributed by atoms with Crippen molar-refractivity contribution < 1.29 is 23.1 Å². The van der Waals surface area contributed by atoms with Gasteiger partial charge in [-0.3, -0.25) is 4.79 Å². The van der Waals surface area contributed by atoms with Crippen molar-refractivity contribution in [1.29, 1.82) is 0 Å². The molecule has 0 aliphatic heterocycles. The number of halogens is 2. The number of allylic oxidation sites excluding steroid dienone is 1. The summed E-state index contributed by atoms with van der Waals surface area (Å²) in [5.41, 5.74) is 0.555. The smallest absolute Gasteiger partial charge is 0.331 e. The van der Waals surface area contributed by atoms with Crippen LogP contribution in [0.5, 0.6) is 0 Å². The average Bonchev–Trinajstić information content (AvgIpc) is 2.29. The van der Waals surface area contributed by atoms with Crippen molar-refractivity contribution in [1.82, 2.24) is 0 Å². The summed E-state index contributed by atoms with van der Waals surface area (Å²) in [4.78, 5) is 22.5. The normalized spacial score (nSPS) is 9.68. The number of carbonyl (C=O) groups excluding carboxylic acids is 2. The summed E-state index contributed by atoms with van der Waals surface area (Å²) in [5.74, 6) is -3.01. The standard InChI is InChI=1S/C13H13F2NO3/c1-8(2)5-13(18)19-7-12(17)16-11-4-3-9(14)6-10(11)15/h3-6H,7H2,1-2H3,(H,16,17). The lowest BCUT2D eigenvalue weighted by atomic mass is 10.3. The molecule has 0 saturated carbocycles. The zero-order valence-electron chi connectivity index (χ0n) is 10.5. The molecule has 0 saturated heterocycles. The monoisotopic (exact) mass is 269 g/mol. The van der Waals surface area contributed by atoms with Crippen molar-refractivity contribution in [2.75, 3.05) is 11.9 Å². The van der Waals surface area contributed by atoms with E-state index in [-0.39, 0.29) is 5.69 Å². The van der Waals surface area contributed by atoms with Crippen molar-refractivity contribution in [3.05, 3.63) is 41.5 Å². The van der Waals surface area contributed by atoms with E-state index in [1.54, 1.807) is 13.8 Å². The van der Waals surface area contributed by atoms with Gasteiger partial charge < -0.3 is 10.1 Å². The highest BCUT2D eigenvalue weighted by Crippen LogP contribution is 2.14. The van der Waals surface area contributed by atoms with Crippen LogP contribution >= 0.6 is 0 Å². The van der Waals surface area contributed by atoms with Gasteiger partial charge in [0.15, 0.2) is 6.61 Å². The number of ether oxygens (including phenoxy) is 1. The lowest BCUT2D eigenvalue weighted by Crippen LogP contribution is -2.20. The lowest BCUT2D eigenvalue weighted by Gasteiger charge is -2.06. The molecule has 1 amide bonds. The Labute approximate surface area is 109 Å². The lowest BCUT2D eigenvalue weighted by molar-refractivity contribution is -0.142.